The Labute approximate surface area is 74.8 Å². The van der Waals surface area contributed by atoms with Crippen LogP contribution in [-0.2, 0) is 0 Å². The molecule has 12 heavy (non-hydrogen) atoms. The van der Waals surface area contributed by atoms with Crippen molar-refractivity contribution in [3.63, 3.8) is 0 Å². The summed E-state index contributed by atoms with van der Waals surface area (Å²) in [5.41, 5.74) is 0. The van der Waals surface area contributed by atoms with Crippen molar-refractivity contribution in [3.8, 4) is 11.5 Å². The van der Waals surface area contributed by atoms with Crippen LogP contribution >= 0.6 is 0 Å². The van der Waals surface area contributed by atoms with Gasteiger partial charge in [0.15, 0.2) is 0 Å². The molecular weight excluding hydrogens is 159 g/mol. The highest BCUT2D eigenvalue weighted by atomic mass is 16.6. The Hall–Kier alpha value is -1.20. The Morgan fingerprint density at radius 3 is 2.83 bits per heavy atom. The van der Waals surface area contributed by atoms with Gasteiger partial charge in [-0.15, -0.1) is 0 Å². The first kappa shape index (κ1) is 5.45. The van der Waals surface area contributed by atoms with Gasteiger partial charge in [0.25, 0.3) is 0 Å². The molecule has 0 aliphatic heterocycles. The average molecular weight is 171 g/mol. The summed E-state index contributed by atoms with van der Waals surface area (Å²) < 4.78 is 29.7. The Morgan fingerprint density at radius 2 is 2.17 bits per heavy atom. The second-order valence-electron chi connectivity index (χ2n) is 2.02. The van der Waals surface area contributed by atoms with Gasteiger partial charge in [-0.2, -0.15) is 0 Å². The number of hydrogen-bond donors (Lipinski definition) is 2. The van der Waals surface area contributed by atoms with Gasteiger partial charge in [-0.3, -0.25) is 0 Å². The molecule has 0 radical (unpaired) electrons. The summed E-state index contributed by atoms with van der Waals surface area (Å²) >= 11 is 0. The van der Waals surface area contributed by atoms with E-state index in [0.29, 0.717) is 0 Å². The van der Waals surface area contributed by atoms with E-state index in [1.165, 1.54) is 24.3 Å². The van der Waals surface area contributed by atoms with Crippen LogP contribution in [0.5, 0.6) is 11.5 Å². The smallest absolute Gasteiger partial charge is 0.512 e. The monoisotopic (exact) mass is 171 g/mol. The third-order valence-electron chi connectivity index (χ3n) is 1.16. The van der Waals surface area contributed by atoms with Gasteiger partial charge in [0.2, 0.25) is 0 Å². The molecule has 0 aliphatic carbocycles. The van der Waals surface area contributed by atoms with Crippen LogP contribution in [0.15, 0.2) is 24.3 Å². The highest BCUT2D eigenvalue weighted by molar-refractivity contribution is 6.33. The van der Waals surface area contributed by atoms with Crippen molar-refractivity contribution < 1.29 is 23.6 Å². The van der Waals surface area contributed by atoms with Crippen molar-refractivity contribution in [1.29, 1.82) is 0 Å². The standard InChI is InChI=1S/C7H9BO4/c1-11-6-3-2-4-7(5-6)12-8(9)10/h2-5,9-10H,1H3/i1D3. The fraction of sp³-hybridized carbons (Fsp3) is 0.143. The summed E-state index contributed by atoms with van der Waals surface area (Å²) in [7, 11) is -4.50. The van der Waals surface area contributed by atoms with E-state index in [1.807, 2.05) is 0 Å². The number of hydrogen-bond acceptors (Lipinski definition) is 4. The second-order valence-corrected chi connectivity index (χ2v) is 2.02. The fourth-order valence-corrected chi connectivity index (χ4v) is 0.733. The maximum atomic E-state index is 8.51. The minimum atomic E-state index is -2.55. The van der Waals surface area contributed by atoms with E-state index in [4.69, 9.17) is 14.2 Å². The molecule has 0 heterocycles. The third kappa shape index (κ3) is 2.45. The van der Waals surface area contributed by atoms with Gasteiger partial charge >= 0.3 is 7.32 Å². The molecule has 1 aromatic carbocycles. The number of rotatable bonds is 3. The number of benzene rings is 1. The van der Waals surface area contributed by atoms with Crippen molar-refractivity contribution >= 4 is 7.32 Å². The Balaban J connectivity index is 2.74. The highest BCUT2D eigenvalue weighted by Crippen LogP contribution is 2.18. The molecular formula is C7H9BO4. The van der Waals surface area contributed by atoms with E-state index in [-0.39, 0.29) is 11.5 Å². The zero-order valence-electron chi connectivity index (χ0n) is 9.10. The molecule has 1 aromatic rings. The zero-order valence-corrected chi connectivity index (χ0v) is 6.10. The van der Waals surface area contributed by atoms with Gasteiger partial charge in [-0.25, -0.2) is 0 Å². The predicted octanol–water partition coefficient (Wildman–Crippen LogP) is 0.0435. The van der Waals surface area contributed by atoms with Gasteiger partial charge in [0, 0.05) is 6.07 Å². The van der Waals surface area contributed by atoms with E-state index in [0.717, 1.165) is 0 Å². The van der Waals surface area contributed by atoms with Crippen molar-refractivity contribution in [2.24, 2.45) is 0 Å². The molecule has 5 heteroatoms. The highest BCUT2D eigenvalue weighted by Gasteiger charge is 2.10. The second kappa shape index (κ2) is 3.99. The van der Waals surface area contributed by atoms with E-state index >= 15 is 0 Å². The van der Waals surface area contributed by atoms with Crippen LogP contribution in [0.25, 0.3) is 0 Å². The summed E-state index contributed by atoms with van der Waals surface area (Å²) in [6.45, 7) is 0. The third-order valence-corrected chi connectivity index (χ3v) is 1.16. The zero-order chi connectivity index (χ0) is 11.5. The van der Waals surface area contributed by atoms with Crippen molar-refractivity contribution in [1.82, 2.24) is 0 Å². The van der Waals surface area contributed by atoms with Crippen molar-refractivity contribution in [3.05, 3.63) is 24.3 Å². The first-order valence-corrected chi connectivity index (χ1v) is 3.19. The first-order valence-electron chi connectivity index (χ1n) is 4.69. The maximum absolute atomic E-state index is 8.51. The van der Waals surface area contributed by atoms with Gasteiger partial charge in [0.1, 0.15) is 11.5 Å². The SMILES string of the molecule is [2H]C([2H])([2H])Oc1cccc(OB(O)O)c1. The molecule has 2 N–H and O–H groups in total. The van der Waals surface area contributed by atoms with E-state index in [2.05, 4.69) is 9.39 Å². The Bertz CT molecular complexity index is 328. The molecule has 64 valence electrons. The van der Waals surface area contributed by atoms with Crippen LogP contribution in [0.3, 0.4) is 0 Å². The van der Waals surface area contributed by atoms with Gasteiger partial charge in [-0.1, -0.05) is 6.07 Å². The van der Waals surface area contributed by atoms with Crippen LogP contribution < -0.4 is 9.39 Å². The molecule has 0 saturated heterocycles. The summed E-state index contributed by atoms with van der Waals surface area (Å²) in [5, 5.41) is 17.0. The van der Waals surface area contributed by atoms with Crippen LogP contribution in [0.4, 0.5) is 0 Å². The van der Waals surface area contributed by atoms with E-state index < -0.39 is 14.4 Å². The normalized spacial score (nSPS) is 14.0. The van der Waals surface area contributed by atoms with E-state index in [1.54, 1.807) is 0 Å². The lowest BCUT2D eigenvalue weighted by Gasteiger charge is -2.05. The molecule has 4 nitrogen and oxygen atoms in total. The van der Waals surface area contributed by atoms with Crippen molar-refractivity contribution in [2.75, 3.05) is 7.04 Å². The maximum Gasteiger partial charge on any atom is 0.707 e. The largest absolute Gasteiger partial charge is 0.707 e. The topological polar surface area (TPSA) is 58.9 Å². The molecule has 0 atom stereocenters. The minimum Gasteiger partial charge on any atom is -0.512 e. The van der Waals surface area contributed by atoms with Crippen LogP contribution in [0.2, 0.25) is 0 Å². The Kier molecular flexibility index (Phi) is 1.81. The summed E-state index contributed by atoms with van der Waals surface area (Å²) in [6, 6.07) is 5.57. The summed E-state index contributed by atoms with van der Waals surface area (Å²) in [4.78, 5) is 0. The average Bonchev–Trinajstić information content (AvgIpc) is 1.99. The molecule has 1 rings (SSSR count). The first-order chi connectivity index (χ1) is 6.87. The number of ether oxygens (including phenoxy) is 1. The lowest BCUT2D eigenvalue weighted by atomic mass is 10.2. The van der Waals surface area contributed by atoms with Crippen LogP contribution in [0, 0.1) is 0 Å². The molecule has 0 aliphatic rings. The van der Waals surface area contributed by atoms with Crippen molar-refractivity contribution in [2.45, 2.75) is 0 Å². The predicted molar refractivity (Wildman–Crippen MR) is 43.8 cm³/mol. The quantitative estimate of drug-likeness (QED) is 0.630. The van der Waals surface area contributed by atoms with Crippen LogP contribution in [-0.4, -0.2) is 24.4 Å². The molecule has 0 spiro atoms. The van der Waals surface area contributed by atoms with E-state index in [9.17, 15) is 0 Å². The molecule has 0 saturated carbocycles. The van der Waals surface area contributed by atoms with Gasteiger partial charge in [0.05, 0.1) is 11.2 Å². The van der Waals surface area contributed by atoms with Gasteiger partial charge in [-0.05, 0) is 12.1 Å². The lowest BCUT2D eigenvalue weighted by molar-refractivity contribution is 0.287. The number of methoxy groups -OCH3 is 1. The summed E-state index contributed by atoms with van der Waals surface area (Å²) in [5.74, 6) is 0.167. The summed E-state index contributed by atoms with van der Waals surface area (Å²) in [6.07, 6.45) is 0. The molecule has 0 amide bonds. The van der Waals surface area contributed by atoms with Gasteiger partial charge < -0.3 is 19.4 Å². The molecule has 0 fully saturated rings. The molecule has 0 bridgehead atoms. The Morgan fingerprint density at radius 1 is 1.42 bits per heavy atom. The molecule has 0 unspecified atom stereocenters. The lowest BCUT2D eigenvalue weighted by Crippen LogP contribution is -2.20. The van der Waals surface area contributed by atoms with Crippen LogP contribution in [0.1, 0.15) is 4.11 Å². The minimum absolute atomic E-state index is 0.0631. The molecule has 0 aromatic heterocycles. The fourth-order valence-electron chi connectivity index (χ4n) is 0.733.